The van der Waals surface area contributed by atoms with Gasteiger partial charge in [-0.25, -0.2) is 9.59 Å². The highest BCUT2D eigenvalue weighted by Gasteiger charge is 2.19. The summed E-state index contributed by atoms with van der Waals surface area (Å²) >= 11 is 0. The van der Waals surface area contributed by atoms with Crippen LogP contribution in [0.15, 0.2) is 72.8 Å². The van der Waals surface area contributed by atoms with Crippen LogP contribution in [0.1, 0.15) is 24.2 Å². The molecular weight excluding hydrogens is 436 g/mol. The quantitative estimate of drug-likeness (QED) is 0.455. The summed E-state index contributed by atoms with van der Waals surface area (Å²) in [5, 5.41) is 25.1. The van der Waals surface area contributed by atoms with Gasteiger partial charge in [0.05, 0.1) is 12.7 Å². The second-order valence-electron chi connectivity index (χ2n) is 8.07. The maximum atomic E-state index is 9.55. The van der Waals surface area contributed by atoms with E-state index in [1.54, 1.807) is 0 Å². The van der Waals surface area contributed by atoms with Crippen molar-refractivity contribution in [1.82, 2.24) is 9.80 Å². The molecular formula is C26H34N2O6. The van der Waals surface area contributed by atoms with Gasteiger partial charge in [-0.1, -0.05) is 60.7 Å². The van der Waals surface area contributed by atoms with E-state index in [1.165, 1.54) is 11.1 Å². The lowest BCUT2D eigenvalue weighted by Crippen LogP contribution is -2.48. The number of rotatable bonds is 10. The van der Waals surface area contributed by atoms with Gasteiger partial charge in [0.15, 0.2) is 0 Å². The molecule has 3 rings (SSSR count). The van der Waals surface area contributed by atoms with Crippen LogP contribution in [-0.4, -0.2) is 89.0 Å². The largest absolute Gasteiger partial charge is 0.478 e. The van der Waals surface area contributed by atoms with Gasteiger partial charge in [0.2, 0.25) is 0 Å². The SMILES string of the molecule is C[C@@H](O)CN1CCN(CCOC(c2ccccc2)c2ccccc2)CC1.O=C(O)/C=C/C(=O)O. The van der Waals surface area contributed by atoms with Crippen molar-refractivity contribution in [2.24, 2.45) is 0 Å². The number of aliphatic carboxylic acids is 2. The standard InChI is InChI=1S/C22H30N2O2.C4H4O4/c1-19(25)18-24-14-12-23(13-15-24)16-17-26-22(20-8-4-2-5-9-20)21-10-6-3-7-11-21;5-3(6)1-2-4(7)8/h2-11,19,22,25H,12-18H2,1H3;1-2H,(H,5,6)(H,7,8)/b;2-1+/t19-;/m1./s1. The third kappa shape index (κ3) is 10.7. The van der Waals surface area contributed by atoms with Gasteiger partial charge in [0, 0.05) is 51.4 Å². The van der Waals surface area contributed by atoms with E-state index in [9.17, 15) is 14.7 Å². The number of nitrogens with zero attached hydrogens (tertiary/aromatic N) is 2. The minimum absolute atomic E-state index is 0.0195. The van der Waals surface area contributed by atoms with Crippen molar-refractivity contribution in [2.75, 3.05) is 45.9 Å². The van der Waals surface area contributed by atoms with Crippen molar-refractivity contribution in [3.8, 4) is 0 Å². The van der Waals surface area contributed by atoms with Gasteiger partial charge in [-0.05, 0) is 18.1 Å². The first-order chi connectivity index (χ1) is 16.3. The third-order valence-corrected chi connectivity index (χ3v) is 5.25. The Balaban J connectivity index is 0.000000440. The van der Waals surface area contributed by atoms with E-state index in [0.717, 1.165) is 39.3 Å². The van der Waals surface area contributed by atoms with Crippen LogP contribution >= 0.6 is 0 Å². The molecule has 0 unspecified atom stereocenters. The van der Waals surface area contributed by atoms with E-state index in [4.69, 9.17) is 14.9 Å². The van der Waals surface area contributed by atoms with Gasteiger partial charge in [-0.15, -0.1) is 0 Å². The van der Waals surface area contributed by atoms with Crippen LogP contribution in [0.5, 0.6) is 0 Å². The zero-order valence-electron chi connectivity index (χ0n) is 19.5. The number of aliphatic hydroxyl groups is 1. The van der Waals surface area contributed by atoms with Crippen molar-refractivity contribution in [2.45, 2.75) is 19.1 Å². The molecule has 34 heavy (non-hydrogen) atoms. The molecule has 3 N–H and O–H groups in total. The molecule has 1 atom stereocenters. The molecule has 0 saturated carbocycles. The number of aliphatic hydroxyl groups excluding tert-OH is 1. The molecule has 0 aliphatic carbocycles. The normalized spacial score (nSPS) is 15.6. The highest BCUT2D eigenvalue weighted by molar-refractivity contribution is 5.89. The second-order valence-corrected chi connectivity index (χ2v) is 8.07. The Morgan fingerprint density at radius 3 is 1.71 bits per heavy atom. The molecule has 0 radical (unpaired) electrons. The van der Waals surface area contributed by atoms with Crippen LogP contribution in [-0.2, 0) is 14.3 Å². The summed E-state index contributed by atoms with van der Waals surface area (Å²) in [6, 6.07) is 20.9. The minimum atomic E-state index is -1.26. The lowest BCUT2D eigenvalue weighted by Gasteiger charge is -2.35. The van der Waals surface area contributed by atoms with Gasteiger partial charge >= 0.3 is 11.9 Å². The van der Waals surface area contributed by atoms with E-state index >= 15 is 0 Å². The number of ether oxygens (including phenoxy) is 1. The molecule has 0 amide bonds. The molecule has 8 nitrogen and oxygen atoms in total. The smallest absolute Gasteiger partial charge is 0.328 e. The number of β-amino-alcohol motifs (C(OH)–C–C–N with tert-alkyl or cyclic N) is 1. The van der Waals surface area contributed by atoms with Crippen LogP contribution in [0.4, 0.5) is 0 Å². The molecule has 184 valence electrons. The predicted molar refractivity (Wildman–Crippen MR) is 130 cm³/mol. The molecule has 1 fully saturated rings. The topological polar surface area (TPSA) is 111 Å². The van der Waals surface area contributed by atoms with Gasteiger partial charge in [0.25, 0.3) is 0 Å². The number of piperazine rings is 1. The van der Waals surface area contributed by atoms with Crippen LogP contribution in [0.2, 0.25) is 0 Å². The van der Waals surface area contributed by atoms with E-state index < -0.39 is 11.9 Å². The Bertz CT molecular complexity index is 825. The second kappa shape index (κ2) is 15.0. The molecule has 0 aromatic heterocycles. The highest BCUT2D eigenvalue weighted by atomic mass is 16.5. The van der Waals surface area contributed by atoms with E-state index in [2.05, 4.69) is 58.3 Å². The van der Waals surface area contributed by atoms with Crippen molar-refractivity contribution < 1.29 is 29.6 Å². The fourth-order valence-corrected chi connectivity index (χ4v) is 3.65. The Kier molecular flexibility index (Phi) is 12.0. The van der Waals surface area contributed by atoms with Crippen LogP contribution in [0, 0.1) is 0 Å². The molecule has 1 heterocycles. The average Bonchev–Trinajstić information content (AvgIpc) is 2.83. The highest BCUT2D eigenvalue weighted by Crippen LogP contribution is 2.25. The number of carboxylic acids is 2. The molecule has 1 saturated heterocycles. The summed E-state index contributed by atoms with van der Waals surface area (Å²) in [7, 11) is 0. The molecule has 0 spiro atoms. The lowest BCUT2D eigenvalue weighted by atomic mass is 10.0. The summed E-state index contributed by atoms with van der Waals surface area (Å²) in [4.78, 5) is 23.9. The summed E-state index contributed by atoms with van der Waals surface area (Å²) in [6.45, 7) is 8.40. The van der Waals surface area contributed by atoms with Gasteiger partial charge < -0.3 is 20.1 Å². The number of carboxylic acid groups (broad SMARTS) is 2. The molecule has 1 aliphatic rings. The maximum Gasteiger partial charge on any atom is 0.328 e. The van der Waals surface area contributed by atoms with Crippen molar-refractivity contribution in [1.29, 1.82) is 0 Å². The number of hydrogen-bond donors (Lipinski definition) is 3. The van der Waals surface area contributed by atoms with Crippen LogP contribution in [0.25, 0.3) is 0 Å². The molecule has 8 heteroatoms. The van der Waals surface area contributed by atoms with E-state index in [0.29, 0.717) is 18.8 Å². The Hall–Kier alpha value is -3.04. The monoisotopic (exact) mass is 470 g/mol. The predicted octanol–water partition coefficient (Wildman–Crippen LogP) is 2.50. The van der Waals surface area contributed by atoms with Gasteiger partial charge in [-0.3, -0.25) is 9.80 Å². The van der Waals surface area contributed by atoms with E-state index in [1.807, 2.05) is 19.1 Å². The molecule has 0 bridgehead atoms. The summed E-state index contributed by atoms with van der Waals surface area (Å²) in [6.07, 6.45) is 0.848. The average molecular weight is 471 g/mol. The first-order valence-corrected chi connectivity index (χ1v) is 11.3. The molecule has 2 aromatic carbocycles. The van der Waals surface area contributed by atoms with Gasteiger partial charge in [-0.2, -0.15) is 0 Å². The number of carbonyl (C=O) groups is 2. The summed E-state index contributed by atoms with van der Waals surface area (Å²) < 4.78 is 6.31. The fraction of sp³-hybridized carbons (Fsp3) is 0.385. The first kappa shape index (κ1) is 27.2. The number of hydrogen-bond acceptors (Lipinski definition) is 6. The number of benzene rings is 2. The maximum absolute atomic E-state index is 9.55. The minimum Gasteiger partial charge on any atom is -0.478 e. The lowest BCUT2D eigenvalue weighted by molar-refractivity contribution is -0.134. The fourth-order valence-electron chi connectivity index (χ4n) is 3.65. The Morgan fingerprint density at radius 1 is 0.853 bits per heavy atom. The van der Waals surface area contributed by atoms with Crippen LogP contribution in [0.3, 0.4) is 0 Å². The van der Waals surface area contributed by atoms with Crippen molar-refractivity contribution in [3.63, 3.8) is 0 Å². The third-order valence-electron chi connectivity index (χ3n) is 5.25. The van der Waals surface area contributed by atoms with Crippen LogP contribution < -0.4 is 0 Å². The molecule has 2 aromatic rings. The zero-order chi connectivity index (χ0) is 24.8. The zero-order valence-corrected chi connectivity index (χ0v) is 19.5. The molecule has 1 aliphatic heterocycles. The Morgan fingerprint density at radius 2 is 1.29 bits per heavy atom. The Labute approximate surface area is 200 Å². The summed E-state index contributed by atoms with van der Waals surface area (Å²) in [5.74, 6) is -2.51. The van der Waals surface area contributed by atoms with Gasteiger partial charge in [0.1, 0.15) is 6.10 Å². The van der Waals surface area contributed by atoms with E-state index in [-0.39, 0.29) is 12.2 Å². The van der Waals surface area contributed by atoms with Crippen molar-refractivity contribution in [3.05, 3.63) is 83.9 Å². The van der Waals surface area contributed by atoms with Crippen molar-refractivity contribution >= 4 is 11.9 Å². The first-order valence-electron chi connectivity index (χ1n) is 11.3. The summed E-state index contributed by atoms with van der Waals surface area (Å²) in [5.41, 5.74) is 2.39.